The fourth-order valence-corrected chi connectivity index (χ4v) is 4.77. The maximum Gasteiger partial charge on any atom is 0.191 e. The molecule has 1 aliphatic heterocycles. The van der Waals surface area contributed by atoms with Crippen LogP contribution < -0.4 is 10.6 Å². The van der Waals surface area contributed by atoms with Gasteiger partial charge >= 0.3 is 0 Å². The summed E-state index contributed by atoms with van der Waals surface area (Å²) in [5.41, 5.74) is 1.80. The highest BCUT2D eigenvalue weighted by Crippen LogP contribution is 2.25. The van der Waals surface area contributed by atoms with Gasteiger partial charge in [0.05, 0.1) is 0 Å². The van der Waals surface area contributed by atoms with Crippen molar-refractivity contribution in [1.29, 1.82) is 0 Å². The van der Waals surface area contributed by atoms with Gasteiger partial charge in [0.15, 0.2) is 5.96 Å². The molecule has 30 heavy (non-hydrogen) atoms. The van der Waals surface area contributed by atoms with E-state index in [9.17, 15) is 4.39 Å². The molecule has 1 aromatic rings. The lowest BCUT2D eigenvalue weighted by molar-refractivity contribution is 0.160. The summed E-state index contributed by atoms with van der Waals surface area (Å²) in [7, 11) is 5.73. The largest absolute Gasteiger partial charge is 0.354 e. The second-order valence-electron chi connectivity index (χ2n) is 9.31. The number of hydrogen-bond acceptors (Lipinski definition) is 3. The van der Waals surface area contributed by atoms with Crippen molar-refractivity contribution >= 4 is 5.96 Å². The smallest absolute Gasteiger partial charge is 0.191 e. The van der Waals surface area contributed by atoms with Crippen LogP contribution >= 0.6 is 0 Å². The van der Waals surface area contributed by atoms with Crippen LogP contribution in [0.5, 0.6) is 0 Å². The summed E-state index contributed by atoms with van der Waals surface area (Å²) >= 11 is 0. The van der Waals surface area contributed by atoms with E-state index < -0.39 is 0 Å². The van der Waals surface area contributed by atoms with Crippen molar-refractivity contribution in [3.05, 3.63) is 35.1 Å². The van der Waals surface area contributed by atoms with Crippen molar-refractivity contribution in [3.63, 3.8) is 0 Å². The summed E-state index contributed by atoms with van der Waals surface area (Å²) in [6.07, 6.45) is 9.46. The minimum absolute atomic E-state index is 0.144. The predicted octanol–water partition coefficient (Wildman–Crippen LogP) is 3.60. The molecular formula is C24H40FN5. The lowest BCUT2D eigenvalue weighted by Crippen LogP contribution is -2.49. The van der Waals surface area contributed by atoms with Crippen molar-refractivity contribution in [2.45, 2.75) is 64.1 Å². The molecule has 0 spiro atoms. The Morgan fingerprint density at radius 1 is 1.13 bits per heavy atom. The molecule has 0 amide bonds. The Hall–Kier alpha value is -1.66. The van der Waals surface area contributed by atoms with Gasteiger partial charge in [-0.25, -0.2) is 4.39 Å². The van der Waals surface area contributed by atoms with Gasteiger partial charge in [0.25, 0.3) is 0 Å². The standard InChI is InChI=1S/C24H40FN5/c1-26-24(27-16-20-9-10-23(25)21(15-20)18-29(2)3)28-22-11-13-30(14-12-22)17-19-7-5-4-6-8-19/h9-10,15,19,22H,4-8,11-14,16-18H2,1-3H3,(H2,26,27,28). The fraction of sp³-hybridized carbons (Fsp3) is 0.708. The molecule has 6 heteroatoms. The molecule has 0 unspecified atom stereocenters. The van der Waals surface area contributed by atoms with Gasteiger partial charge in [-0.3, -0.25) is 4.99 Å². The van der Waals surface area contributed by atoms with Crippen molar-refractivity contribution < 1.29 is 4.39 Å². The van der Waals surface area contributed by atoms with Crippen LogP contribution in [0, 0.1) is 11.7 Å². The Kier molecular flexibility index (Phi) is 8.94. The average molecular weight is 418 g/mol. The van der Waals surface area contributed by atoms with Crippen LogP contribution in [0.1, 0.15) is 56.1 Å². The van der Waals surface area contributed by atoms with Crippen molar-refractivity contribution in [2.24, 2.45) is 10.9 Å². The maximum atomic E-state index is 14.0. The van der Waals surface area contributed by atoms with Gasteiger partial charge in [-0.15, -0.1) is 0 Å². The van der Waals surface area contributed by atoms with Crippen LogP contribution in [-0.2, 0) is 13.1 Å². The van der Waals surface area contributed by atoms with E-state index >= 15 is 0 Å². The summed E-state index contributed by atoms with van der Waals surface area (Å²) in [6.45, 7) is 4.89. The molecule has 1 aliphatic carbocycles. The molecule has 0 atom stereocenters. The Morgan fingerprint density at radius 3 is 2.53 bits per heavy atom. The lowest BCUT2D eigenvalue weighted by atomic mass is 9.88. The molecule has 0 radical (unpaired) electrons. The van der Waals surface area contributed by atoms with Crippen LogP contribution in [0.4, 0.5) is 4.39 Å². The zero-order valence-corrected chi connectivity index (χ0v) is 19.1. The number of piperidine rings is 1. The first-order valence-corrected chi connectivity index (χ1v) is 11.6. The van der Waals surface area contributed by atoms with E-state index in [4.69, 9.17) is 0 Å². The quantitative estimate of drug-likeness (QED) is 0.526. The third kappa shape index (κ3) is 7.24. The predicted molar refractivity (Wildman–Crippen MR) is 123 cm³/mol. The highest BCUT2D eigenvalue weighted by molar-refractivity contribution is 5.79. The molecule has 1 aromatic carbocycles. The molecule has 0 aromatic heterocycles. The number of aliphatic imine (C=N–C) groups is 1. The number of hydrogen-bond donors (Lipinski definition) is 2. The Morgan fingerprint density at radius 2 is 1.87 bits per heavy atom. The minimum Gasteiger partial charge on any atom is -0.354 e. The number of rotatable bonds is 7. The zero-order chi connectivity index (χ0) is 21.3. The number of nitrogens with one attached hydrogen (secondary N) is 2. The van der Waals surface area contributed by atoms with E-state index in [1.807, 2.05) is 38.2 Å². The van der Waals surface area contributed by atoms with E-state index in [0.29, 0.717) is 19.1 Å². The third-order valence-corrected chi connectivity index (χ3v) is 6.45. The second-order valence-corrected chi connectivity index (χ2v) is 9.31. The van der Waals surface area contributed by atoms with Gasteiger partial charge < -0.3 is 20.4 Å². The highest BCUT2D eigenvalue weighted by Gasteiger charge is 2.23. The zero-order valence-electron chi connectivity index (χ0n) is 19.1. The van der Waals surface area contributed by atoms with Crippen LogP contribution in [-0.4, -0.2) is 62.6 Å². The van der Waals surface area contributed by atoms with Crippen LogP contribution in [0.25, 0.3) is 0 Å². The Balaban J connectivity index is 1.42. The minimum atomic E-state index is -0.144. The summed E-state index contributed by atoms with van der Waals surface area (Å²) in [5.74, 6) is 1.61. The van der Waals surface area contributed by atoms with Gasteiger partial charge in [0, 0.05) is 51.4 Å². The van der Waals surface area contributed by atoms with Crippen molar-refractivity contribution in [1.82, 2.24) is 20.4 Å². The maximum absolute atomic E-state index is 14.0. The second kappa shape index (κ2) is 11.7. The molecule has 0 bridgehead atoms. The molecule has 1 saturated carbocycles. The van der Waals surface area contributed by atoms with Crippen LogP contribution in [0.2, 0.25) is 0 Å². The van der Waals surface area contributed by atoms with Crippen LogP contribution in [0.3, 0.4) is 0 Å². The average Bonchev–Trinajstić information content (AvgIpc) is 2.75. The van der Waals surface area contributed by atoms with Crippen molar-refractivity contribution in [3.8, 4) is 0 Å². The summed E-state index contributed by atoms with van der Waals surface area (Å²) in [4.78, 5) is 9.04. The first-order chi connectivity index (χ1) is 14.5. The number of likely N-dealkylation sites (tertiary alicyclic amines) is 1. The first kappa shape index (κ1) is 23.0. The molecule has 2 aliphatic rings. The summed E-state index contributed by atoms with van der Waals surface area (Å²) < 4.78 is 14.0. The van der Waals surface area contributed by atoms with Crippen LogP contribution in [0.15, 0.2) is 23.2 Å². The van der Waals surface area contributed by atoms with E-state index in [1.165, 1.54) is 51.7 Å². The van der Waals surface area contributed by atoms with Gasteiger partial charge in [0.2, 0.25) is 0 Å². The fourth-order valence-electron chi connectivity index (χ4n) is 4.77. The van der Waals surface area contributed by atoms with Crippen molar-refractivity contribution in [2.75, 3.05) is 40.8 Å². The number of guanidine groups is 1. The lowest BCUT2D eigenvalue weighted by Gasteiger charge is -2.36. The topological polar surface area (TPSA) is 42.9 Å². The van der Waals surface area contributed by atoms with E-state index in [2.05, 4.69) is 20.5 Å². The molecule has 2 N–H and O–H groups in total. The van der Waals surface area contributed by atoms with Gasteiger partial charge in [-0.2, -0.15) is 0 Å². The third-order valence-electron chi connectivity index (χ3n) is 6.45. The monoisotopic (exact) mass is 417 g/mol. The number of benzene rings is 1. The SMILES string of the molecule is CN=C(NCc1ccc(F)c(CN(C)C)c1)NC1CCN(CC2CCCCC2)CC1. The van der Waals surface area contributed by atoms with E-state index in [-0.39, 0.29) is 5.82 Å². The normalized spacial score (nSPS) is 20.0. The van der Waals surface area contributed by atoms with E-state index in [0.717, 1.165) is 35.8 Å². The van der Waals surface area contributed by atoms with Gasteiger partial charge in [-0.05, 0) is 63.4 Å². The summed E-state index contributed by atoms with van der Waals surface area (Å²) in [5, 5.41) is 6.99. The van der Waals surface area contributed by atoms with E-state index in [1.54, 1.807) is 6.07 Å². The first-order valence-electron chi connectivity index (χ1n) is 11.6. The molecule has 168 valence electrons. The molecule has 2 fully saturated rings. The number of halogens is 1. The highest BCUT2D eigenvalue weighted by atomic mass is 19.1. The molecule has 1 saturated heterocycles. The molecule has 3 rings (SSSR count). The van der Waals surface area contributed by atoms with Gasteiger partial charge in [-0.1, -0.05) is 25.3 Å². The van der Waals surface area contributed by atoms with Gasteiger partial charge in [0.1, 0.15) is 5.82 Å². The summed E-state index contributed by atoms with van der Waals surface area (Å²) in [6, 6.07) is 5.82. The number of nitrogens with zero attached hydrogens (tertiary/aromatic N) is 3. The molecular weight excluding hydrogens is 377 g/mol. The Labute approximate surface area is 182 Å². The molecule has 1 heterocycles. The molecule has 5 nitrogen and oxygen atoms in total. The Bertz CT molecular complexity index is 676.